The Hall–Kier alpha value is -0.560. The molecule has 1 aliphatic heterocycles. The summed E-state index contributed by atoms with van der Waals surface area (Å²) in [6, 6.07) is 0. The van der Waals surface area contributed by atoms with Crippen molar-refractivity contribution in [3.8, 4) is 0 Å². The van der Waals surface area contributed by atoms with Gasteiger partial charge in [-0.25, -0.2) is 0 Å². The summed E-state index contributed by atoms with van der Waals surface area (Å²) in [5, 5.41) is 20.7. The van der Waals surface area contributed by atoms with Gasteiger partial charge in [-0.05, 0) is 18.1 Å². The van der Waals surface area contributed by atoms with Crippen molar-refractivity contribution in [2.75, 3.05) is 13.1 Å². The lowest BCUT2D eigenvalue weighted by Gasteiger charge is -2.27. The van der Waals surface area contributed by atoms with Gasteiger partial charge >= 0.3 is 0 Å². The SMILES string of the molecule is [O-]N1CCNC1c1csnn1. The molecule has 5 nitrogen and oxygen atoms in total. The smallest absolute Gasteiger partial charge is 0.106 e. The van der Waals surface area contributed by atoms with E-state index in [9.17, 15) is 5.21 Å². The average molecular weight is 171 g/mol. The van der Waals surface area contributed by atoms with Crippen LogP contribution in [0.4, 0.5) is 0 Å². The van der Waals surface area contributed by atoms with Crippen molar-refractivity contribution in [1.29, 1.82) is 0 Å². The summed E-state index contributed by atoms with van der Waals surface area (Å²) in [7, 11) is 0. The van der Waals surface area contributed by atoms with E-state index < -0.39 is 0 Å². The standard InChI is InChI=1S/C5H7N4OS/c10-9-2-1-6-5(9)4-3-11-8-7-4/h3,5-6H,1-2H2/q-1. The highest BCUT2D eigenvalue weighted by Gasteiger charge is 2.19. The van der Waals surface area contributed by atoms with Crippen LogP contribution in [0.5, 0.6) is 0 Å². The summed E-state index contributed by atoms with van der Waals surface area (Å²) in [4.78, 5) is 0. The Balaban J connectivity index is 2.16. The molecule has 1 atom stereocenters. The molecule has 0 spiro atoms. The van der Waals surface area contributed by atoms with Crippen molar-refractivity contribution in [3.05, 3.63) is 16.3 Å². The normalized spacial score (nSPS) is 26.1. The Bertz CT molecular complexity index is 226. The molecule has 1 aromatic rings. The van der Waals surface area contributed by atoms with Crippen molar-refractivity contribution in [2.24, 2.45) is 0 Å². The van der Waals surface area contributed by atoms with Crippen LogP contribution in [-0.2, 0) is 0 Å². The Kier molecular flexibility index (Phi) is 1.82. The molecular weight excluding hydrogens is 164 g/mol. The van der Waals surface area contributed by atoms with Gasteiger partial charge in [-0.3, -0.25) is 5.32 Å². The zero-order valence-electron chi connectivity index (χ0n) is 5.73. The fourth-order valence-corrected chi connectivity index (χ4v) is 1.56. The Morgan fingerprint density at radius 3 is 3.27 bits per heavy atom. The number of rotatable bonds is 1. The number of hydroxylamine groups is 2. The van der Waals surface area contributed by atoms with Gasteiger partial charge in [0.1, 0.15) is 5.69 Å². The molecule has 1 aliphatic rings. The van der Waals surface area contributed by atoms with Crippen LogP contribution in [0.15, 0.2) is 5.38 Å². The quantitative estimate of drug-likeness (QED) is 0.641. The number of aromatic nitrogens is 2. The number of nitrogens with zero attached hydrogens (tertiary/aromatic N) is 3. The highest BCUT2D eigenvalue weighted by atomic mass is 32.1. The fourth-order valence-electron chi connectivity index (χ4n) is 1.09. The van der Waals surface area contributed by atoms with Crippen LogP contribution in [0, 0.1) is 5.21 Å². The van der Waals surface area contributed by atoms with Crippen LogP contribution in [0.3, 0.4) is 0 Å². The first kappa shape index (κ1) is 7.11. The second-order valence-corrected chi connectivity index (χ2v) is 2.94. The summed E-state index contributed by atoms with van der Waals surface area (Å²) in [5.74, 6) is 0. The third-order valence-electron chi connectivity index (χ3n) is 1.61. The molecule has 6 heteroatoms. The highest BCUT2D eigenvalue weighted by molar-refractivity contribution is 7.03. The molecular formula is C5H7N4OS-. The second kappa shape index (κ2) is 2.82. The van der Waals surface area contributed by atoms with E-state index in [0.717, 1.165) is 17.3 Å². The molecule has 0 bridgehead atoms. The first-order chi connectivity index (χ1) is 5.38. The van der Waals surface area contributed by atoms with E-state index in [1.807, 2.05) is 0 Å². The molecule has 0 radical (unpaired) electrons. The minimum Gasteiger partial charge on any atom is -0.784 e. The van der Waals surface area contributed by atoms with Crippen molar-refractivity contribution < 1.29 is 0 Å². The molecule has 0 saturated carbocycles. The molecule has 1 aromatic heterocycles. The number of hydrogen-bond donors (Lipinski definition) is 1. The summed E-state index contributed by atoms with van der Waals surface area (Å²) >= 11 is 1.26. The fraction of sp³-hybridized carbons (Fsp3) is 0.600. The van der Waals surface area contributed by atoms with E-state index in [1.54, 1.807) is 5.38 Å². The predicted octanol–water partition coefficient (Wildman–Crippen LogP) is -0.0603. The molecule has 1 N–H and O–H groups in total. The van der Waals surface area contributed by atoms with Crippen molar-refractivity contribution >= 4 is 11.5 Å². The number of hydrogen-bond acceptors (Lipinski definition) is 6. The number of nitrogens with one attached hydrogen (secondary N) is 1. The molecule has 60 valence electrons. The topological polar surface area (TPSA) is 64.1 Å². The second-order valence-electron chi connectivity index (χ2n) is 2.33. The van der Waals surface area contributed by atoms with Gasteiger partial charge < -0.3 is 10.3 Å². The summed E-state index contributed by atoms with van der Waals surface area (Å²) in [5.41, 5.74) is 0.725. The van der Waals surface area contributed by atoms with E-state index in [1.165, 1.54) is 11.5 Å². The van der Waals surface area contributed by atoms with Gasteiger partial charge in [0.15, 0.2) is 0 Å². The zero-order valence-corrected chi connectivity index (χ0v) is 6.54. The summed E-state index contributed by atoms with van der Waals surface area (Å²) in [6.07, 6.45) is -0.270. The molecule has 1 saturated heterocycles. The lowest BCUT2D eigenvalue weighted by molar-refractivity contribution is 0.333. The molecule has 0 aromatic carbocycles. The van der Waals surface area contributed by atoms with Crippen LogP contribution < -0.4 is 5.32 Å². The largest absolute Gasteiger partial charge is 0.784 e. The monoisotopic (exact) mass is 171 g/mol. The van der Waals surface area contributed by atoms with Gasteiger partial charge in [-0.1, -0.05) is 4.49 Å². The maximum atomic E-state index is 11.1. The van der Waals surface area contributed by atoms with E-state index in [2.05, 4.69) is 14.9 Å². The van der Waals surface area contributed by atoms with Crippen LogP contribution >= 0.6 is 11.5 Å². The lowest BCUT2D eigenvalue weighted by atomic mass is 10.4. The van der Waals surface area contributed by atoms with E-state index in [4.69, 9.17) is 0 Å². The summed E-state index contributed by atoms with van der Waals surface area (Å²) < 4.78 is 3.69. The maximum Gasteiger partial charge on any atom is 0.106 e. The van der Waals surface area contributed by atoms with Crippen LogP contribution in [0.25, 0.3) is 0 Å². The molecule has 1 fully saturated rings. The van der Waals surface area contributed by atoms with Crippen LogP contribution in [-0.4, -0.2) is 27.7 Å². The average Bonchev–Trinajstić information content (AvgIpc) is 2.55. The van der Waals surface area contributed by atoms with Gasteiger partial charge in [-0.15, -0.1) is 5.10 Å². The minimum absolute atomic E-state index is 0.270. The van der Waals surface area contributed by atoms with E-state index in [0.29, 0.717) is 6.54 Å². The third-order valence-corrected chi connectivity index (χ3v) is 2.14. The molecule has 1 unspecified atom stereocenters. The van der Waals surface area contributed by atoms with Gasteiger partial charge in [0.05, 0.1) is 6.17 Å². The predicted molar refractivity (Wildman–Crippen MR) is 40.7 cm³/mol. The molecule has 2 heterocycles. The van der Waals surface area contributed by atoms with Gasteiger partial charge in [0.2, 0.25) is 0 Å². The Morgan fingerprint density at radius 1 is 1.82 bits per heavy atom. The van der Waals surface area contributed by atoms with E-state index in [-0.39, 0.29) is 6.17 Å². The van der Waals surface area contributed by atoms with E-state index >= 15 is 0 Å². The molecule has 2 rings (SSSR count). The van der Waals surface area contributed by atoms with Gasteiger partial charge in [-0.2, -0.15) is 0 Å². The maximum absolute atomic E-state index is 11.1. The first-order valence-electron chi connectivity index (χ1n) is 3.32. The van der Waals surface area contributed by atoms with Crippen molar-refractivity contribution in [2.45, 2.75) is 6.17 Å². The third kappa shape index (κ3) is 1.25. The Labute approximate surface area is 67.8 Å². The molecule has 11 heavy (non-hydrogen) atoms. The van der Waals surface area contributed by atoms with Crippen LogP contribution in [0.1, 0.15) is 11.9 Å². The lowest BCUT2D eigenvalue weighted by Crippen LogP contribution is -2.22. The van der Waals surface area contributed by atoms with Gasteiger partial charge in [0.25, 0.3) is 0 Å². The Morgan fingerprint density at radius 2 is 2.73 bits per heavy atom. The molecule has 0 amide bonds. The zero-order chi connectivity index (χ0) is 7.68. The van der Waals surface area contributed by atoms with Crippen molar-refractivity contribution in [3.63, 3.8) is 0 Å². The molecule has 0 aliphatic carbocycles. The minimum atomic E-state index is -0.270. The first-order valence-corrected chi connectivity index (χ1v) is 4.16. The van der Waals surface area contributed by atoms with Crippen molar-refractivity contribution in [1.82, 2.24) is 20.0 Å². The van der Waals surface area contributed by atoms with Gasteiger partial charge in [0, 0.05) is 11.9 Å². The summed E-state index contributed by atoms with van der Waals surface area (Å²) in [6.45, 7) is 1.26. The van der Waals surface area contributed by atoms with Crippen LogP contribution in [0.2, 0.25) is 0 Å². The highest BCUT2D eigenvalue weighted by Crippen LogP contribution is 2.18.